The molecule has 0 amide bonds. The minimum absolute atomic E-state index is 0.0253. The summed E-state index contributed by atoms with van der Waals surface area (Å²) in [5, 5.41) is -0.631. The van der Waals surface area contributed by atoms with Crippen LogP contribution in [-0.4, -0.2) is 9.97 Å². The van der Waals surface area contributed by atoms with Crippen LogP contribution in [0.2, 0.25) is 10.0 Å². The van der Waals surface area contributed by atoms with E-state index in [4.69, 9.17) is 23.2 Å². The predicted molar refractivity (Wildman–Crippen MR) is 62.4 cm³/mol. The third kappa shape index (κ3) is 2.79. The molecule has 0 unspecified atom stereocenters. The van der Waals surface area contributed by atoms with E-state index in [0.29, 0.717) is 6.20 Å². The van der Waals surface area contributed by atoms with Gasteiger partial charge in [0, 0.05) is 24.2 Å². The van der Waals surface area contributed by atoms with Gasteiger partial charge in [0.25, 0.3) is 0 Å². The summed E-state index contributed by atoms with van der Waals surface area (Å²) in [4.78, 5) is 7.04. The maximum atomic E-state index is 13.6. The molecule has 0 atom stereocenters. The van der Waals surface area contributed by atoms with Gasteiger partial charge in [0.05, 0.1) is 15.6 Å². The molecule has 0 aliphatic heterocycles. The molecule has 2 heterocycles. The summed E-state index contributed by atoms with van der Waals surface area (Å²) in [7, 11) is 0. The van der Waals surface area contributed by atoms with Crippen LogP contribution >= 0.6 is 23.2 Å². The molecule has 0 saturated heterocycles. The minimum atomic E-state index is -4.68. The van der Waals surface area contributed by atoms with E-state index in [1.165, 1.54) is 0 Å². The summed E-state index contributed by atoms with van der Waals surface area (Å²) >= 11 is 11.2. The molecule has 2 aromatic heterocycles. The Hall–Kier alpha value is -1.40. The summed E-state index contributed by atoms with van der Waals surface area (Å²) in [6, 6.07) is 0.931. The third-order valence-electron chi connectivity index (χ3n) is 2.25. The smallest absolute Gasteiger partial charge is 0.263 e. The second-order valence-corrected chi connectivity index (χ2v) is 4.34. The summed E-state index contributed by atoms with van der Waals surface area (Å²) in [6.07, 6.45) is -1.99. The van der Waals surface area contributed by atoms with Crippen LogP contribution in [0.4, 0.5) is 17.6 Å². The second-order valence-electron chi connectivity index (χ2n) is 3.53. The summed E-state index contributed by atoms with van der Waals surface area (Å²) in [5.74, 6) is -0.879. The molecule has 2 nitrogen and oxygen atoms in total. The van der Waals surface area contributed by atoms with E-state index in [0.717, 1.165) is 18.5 Å². The van der Waals surface area contributed by atoms with Gasteiger partial charge in [-0.2, -0.15) is 13.2 Å². The molecule has 0 N–H and O–H groups in total. The van der Waals surface area contributed by atoms with E-state index < -0.39 is 22.6 Å². The Morgan fingerprint density at radius 3 is 2.32 bits per heavy atom. The van der Waals surface area contributed by atoms with E-state index >= 15 is 0 Å². The third-order valence-corrected chi connectivity index (χ3v) is 2.86. The summed E-state index contributed by atoms with van der Waals surface area (Å²) < 4.78 is 51.6. The van der Waals surface area contributed by atoms with Gasteiger partial charge in [0.15, 0.2) is 5.82 Å². The highest BCUT2D eigenvalue weighted by Crippen LogP contribution is 2.39. The van der Waals surface area contributed by atoms with Crippen molar-refractivity contribution in [3.63, 3.8) is 0 Å². The molecule has 0 aliphatic rings. The number of nitrogens with zero attached hydrogens (tertiary/aromatic N) is 2. The van der Waals surface area contributed by atoms with Gasteiger partial charge in [0.2, 0.25) is 0 Å². The highest BCUT2D eigenvalue weighted by atomic mass is 35.5. The zero-order valence-electron chi connectivity index (χ0n) is 8.97. The minimum Gasteiger partial charge on any atom is -0.263 e. The highest BCUT2D eigenvalue weighted by molar-refractivity contribution is 6.34. The van der Waals surface area contributed by atoms with Gasteiger partial charge in [-0.25, -0.2) is 4.39 Å². The van der Waals surface area contributed by atoms with Crippen molar-refractivity contribution in [1.82, 2.24) is 9.97 Å². The lowest BCUT2D eigenvalue weighted by Gasteiger charge is -2.11. The number of aromatic nitrogens is 2. The number of hydrogen-bond donors (Lipinski definition) is 0. The molecular formula is C11H4Cl2F4N2. The lowest BCUT2D eigenvalue weighted by Crippen LogP contribution is -2.07. The summed E-state index contributed by atoms with van der Waals surface area (Å²) in [6.45, 7) is 0. The van der Waals surface area contributed by atoms with Crippen molar-refractivity contribution in [2.24, 2.45) is 0 Å². The number of halogens is 6. The quantitative estimate of drug-likeness (QED) is 0.719. The van der Waals surface area contributed by atoms with Crippen molar-refractivity contribution in [1.29, 1.82) is 0 Å². The van der Waals surface area contributed by atoms with Crippen LogP contribution in [0.1, 0.15) is 5.56 Å². The number of alkyl halides is 3. The second kappa shape index (κ2) is 4.94. The summed E-state index contributed by atoms with van der Waals surface area (Å²) in [5.41, 5.74) is -1.73. The van der Waals surface area contributed by atoms with Gasteiger partial charge in [-0.15, -0.1) is 0 Å². The van der Waals surface area contributed by atoms with E-state index in [1.807, 2.05) is 0 Å². The van der Waals surface area contributed by atoms with Gasteiger partial charge in [-0.3, -0.25) is 9.97 Å². The molecule has 0 bridgehead atoms. The fourth-order valence-corrected chi connectivity index (χ4v) is 1.86. The van der Waals surface area contributed by atoms with Crippen LogP contribution in [0.3, 0.4) is 0 Å². The topological polar surface area (TPSA) is 25.8 Å². The maximum absolute atomic E-state index is 13.6. The number of hydrogen-bond acceptors (Lipinski definition) is 2. The van der Waals surface area contributed by atoms with Crippen LogP contribution in [0.15, 0.2) is 24.7 Å². The molecule has 0 saturated carbocycles. The van der Waals surface area contributed by atoms with Crippen LogP contribution in [0, 0.1) is 5.82 Å². The first-order valence-electron chi connectivity index (χ1n) is 4.83. The van der Waals surface area contributed by atoms with Crippen molar-refractivity contribution < 1.29 is 17.6 Å². The molecule has 0 radical (unpaired) electrons. The van der Waals surface area contributed by atoms with Gasteiger partial charge < -0.3 is 0 Å². The van der Waals surface area contributed by atoms with Gasteiger partial charge in [-0.1, -0.05) is 23.2 Å². The molecule has 2 rings (SSSR count). The lowest BCUT2D eigenvalue weighted by molar-refractivity contribution is -0.137. The normalized spacial score (nSPS) is 11.7. The van der Waals surface area contributed by atoms with E-state index in [-0.39, 0.29) is 16.3 Å². The molecule has 8 heteroatoms. The lowest BCUT2D eigenvalue weighted by atomic mass is 10.1. The highest BCUT2D eigenvalue weighted by Gasteiger charge is 2.35. The van der Waals surface area contributed by atoms with Crippen molar-refractivity contribution in [3.8, 4) is 11.3 Å². The Kier molecular flexibility index (Phi) is 3.64. The zero-order valence-corrected chi connectivity index (χ0v) is 10.5. The molecule has 100 valence electrons. The van der Waals surface area contributed by atoms with Crippen molar-refractivity contribution >= 4 is 23.2 Å². The number of rotatable bonds is 1. The Morgan fingerprint density at radius 1 is 1.05 bits per heavy atom. The van der Waals surface area contributed by atoms with E-state index in [2.05, 4.69) is 9.97 Å². The largest absolute Gasteiger partial charge is 0.419 e. The van der Waals surface area contributed by atoms with Gasteiger partial charge >= 0.3 is 6.18 Å². The first kappa shape index (κ1) is 14.0. The van der Waals surface area contributed by atoms with E-state index in [9.17, 15) is 17.6 Å². The molecule has 0 aromatic carbocycles. The van der Waals surface area contributed by atoms with E-state index in [1.54, 1.807) is 0 Å². The SMILES string of the molecule is Fc1cc(Cl)cnc1-c1cncc(C(F)(F)F)c1Cl. The van der Waals surface area contributed by atoms with Crippen molar-refractivity contribution in [3.05, 3.63) is 46.1 Å². The molecule has 0 spiro atoms. The Labute approximate surface area is 115 Å². The van der Waals surface area contributed by atoms with Crippen LogP contribution in [-0.2, 0) is 6.18 Å². The van der Waals surface area contributed by atoms with Crippen molar-refractivity contribution in [2.75, 3.05) is 0 Å². The van der Waals surface area contributed by atoms with Crippen molar-refractivity contribution in [2.45, 2.75) is 6.18 Å². The average molecular weight is 311 g/mol. The first-order chi connectivity index (χ1) is 8.80. The van der Waals surface area contributed by atoms with Crippen LogP contribution < -0.4 is 0 Å². The average Bonchev–Trinajstić information content (AvgIpc) is 2.28. The fraction of sp³-hybridized carbons (Fsp3) is 0.0909. The van der Waals surface area contributed by atoms with Crippen LogP contribution in [0.25, 0.3) is 11.3 Å². The number of pyridine rings is 2. The maximum Gasteiger partial charge on any atom is 0.419 e. The molecular weight excluding hydrogens is 307 g/mol. The first-order valence-corrected chi connectivity index (χ1v) is 5.58. The Bertz CT molecular complexity index is 629. The Balaban J connectivity index is 2.64. The molecule has 2 aromatic rings. The van der Waals surface area contributed by atoms with Crippen LogP contribution in [0.5, 0.6) is 0 Å². The standard InChI is InChI=1S/C11H4Cl2F4N2/c12-5-1-8(14)10(19-2-5)6-3-18-4-7(9(6)13)11(15,16)17/h1-4H. The molecule has 0 fully saturated rings. The Morgan fingerprint density at radius 2 is 1.74 bits per heavy atom. The molecule has 19 heavy (non-hydrogen) atoms. The van der Waals surface area contributed by atoms with Gasteiger partial charge in [0.1, 0.15) is 5.69 Å². The zero-order chi connectivity index (χ0) is 14.2. The fourth-order valence-electron chi connectivity index (χ4n) is 1.42. The van der Waals surface area contributed by atoms with Gasteiger partial charge in [-0.05, 0) is 6.07 Å². The monoisotopic (exact) mass is 310 g/mol. The molecule has 0 aliphatic carbocycles. The predicted octanol–water partition coefficient (Wildman–Crippen LogP) is 4.61.